The lowest BCUT2D eigenvalue weighted by Crippen LogP contribution is -2.46. The van der Waals surface area contributed by atoms with Crippen LogP contribution in [0.3, 0.4) is 0 Å². The van der Waals surface area contributed by atoms with E-state index >= 15 is 0 Å². The molecule has 0 aliphatic heterocycles. The average Bonchev–Trinajstić information content (AvgIpc) is 2.08. The zero-order valence-electron chi connectivity index (χ0n) is 9.40. The van der Waals surface area contributed by atoms with Crippen LogP contribution in [0.15, 0.2) is 5.11 Å². The Morgan fingerprint density at radius 1 is 1.60 bits per heavy atom. The molecule has 86 valence electrons. The van der Waals surface area contributed by atoms with E-state index in [0.29, 0.717) is 19.5 Å². The van der Waals surface area contributed by atoms with Gasteiger partial charge >= 0.3 is 5.97 Å². The fraction of sp³-hybridized carbons (Fsp3) is 0.889. The Hall–Kier alpha value is -1.26. The summed E-state index contributed by atoms with van der Waals surface area (Å²) in [6.45, 7) is 6.53. The van der Waals surface area contributed by atoms with Gasteiger partial charge in [-0.3, -0.25) is 4.79 Å². The highest BCUT2D eigenvalue weighted by Crippen LogP contribution is 2.19. The van der Waals surface area contributed by atoms with Crippen molar-refractivity contribution in [2.75, 3.05) is 13.1 Å². The molecule has 0 radical (unpaired) electrons. The molecular weight excluding hydrogens is 196 g/mol. The van der Waals surface area contributed by atoms with Crippen molar-refractivity contribution in [3.63, 3.8) is 0 Å². The molecule has 6 heteroatoms. The molecule has 0 aliphatic carbocycles. The molecule has 0 heterocycles. The van der Waals surface area contributed by atoms with Gasteiger partial charge in [-0.25, -0.2) is 0 Å². The molecule has 0 aromatic heterocycles. The van der Waals surface area contributed by atoms with Gasteiger partial charge in [0.2, 0.25) is 0 Å². The van der Waals surface area contributed by atoms with E-state index in [-0.39, 0.29) is 5.41 Å². The highest BCUT2D eigenvalue weighted by molar-refractivity contribution is 5.74. The largest absolute Gasteiger partial charge is 0.480 e. The van der Waals surface area contributed by atoms with Crippen LogP contribution >= 0.6 is 0 Å². The fourth-order valence-corrected chi connectivity index (χ4v) is 1.20. The van der Waals surface area contributed by atoms with E-state index in [2.05, 4.69) is 15.3 Å². The number of carbonyl (C=O) groups is 1. The van der Waals surface area contributed by atoms with Crippen LogP contribution in [-0.4, -0.2) is 30.2 Å². The Balaban J connectivity index is 3.99. The molecule has 1 unspecified atom stereocenters. The maximum absolute atomic E-state index is 10.9. The van der Waals surface area contributed by atoms with Gasteiger partial charge in [0.05, 0.1) is 0 Å². The molecule has 0 bridgehead atoms. The van der Waals surface area contributed by atoms with E-state index in [9.17, 15) is 4.79 Å². The Labute approximate surface area is 89.3 Å². The predicted molar refractivity (Wildman–Crippen MR) is 57.5 cm³/mol. The van der Waals surface area contributed by atoms with Crippen LogP contribution in [-0.2, 0) is 4.79 Å². The topological polar surface area (TPSA) is 98.1 Å². The van der Waals surface area contributed by atoms with Gasteiger partial charge in [-0.2, -0.15) is 0 Å². The average molecular weight is 214 g/mol. The molecule has 15 heavy (non-hydrogen) atoms. The molecule has 1 atom stereocenters. The standard InChI is InChI=1S/C9H18N4O2/c1-9(2,3)7(8(14)15)11-5-4-6-12-13-10/h7,11H,4-6H2,1-3H3,(H,14,15). The molecule has 6 nitrogen and oxygen atoms in total. The van der Waals surface area contributed by atoms with Gasteiger partial charge in [-0.15, -0.1) is 0 Å². The molecular formula is C9H18N4O2. The summed E-state index contributed by atoms with van der Waals surface area (Å²) < 4.78 is 0. The van der Waals surface area contributed by atoms with Gasteiger partial charge < -0.3 is 10.4 Å². The van der Waals surface area contributed by atoms with Crippen LogP contribution in [0, 0.1) is 5.41 Å². The quantitative estimate of drug-likeness (QED) is 0.305. The number of aliphatic carboxylic acids is 1. The monoisotopic (exact) mass is 214 g/mol. The van der Waals surface area contributed by atoms with Gasteiger partial charge in [0, 0.05) is 11.5 Å². The Bertz CT molecular complexity index is 253. The van der Waals surface area contributed by atoms with E-state index in [4.69, 9.17) is 10.6 Å². The van der Waals surface area contributed by atoms with Crippen molar-refractivity contribution in [2.24, 2.45) is 10.5 Å². The van der Waals surface area contributed by atoms with Crippen molar-refractivity contribution in [1.82, 2.24) is 5.32 Å². The first-order chi connectivity index (χ1) is 6.89. The summed E-state index contributed by atoms with van der Waals surface area (Å²) in [4.78, 5) is 13.5. The summed E-state index contributed by atoms with van der Waals surface area (Å²) in [5, 5.41) is 15.3. The Kier molecular flexibility index (Phi) is 5.74. The minimum Gasteiger partial charge on any atom is -0.480 e. The van der Waals surface area contributed by atoms with E-state index in [1.807, 2.05) is 20.8 Å². The van der Waals surface area contributed by atoms with Crippen LogP contribution in [0.5, 0.6) is 0 Å². The second kappa shape index (κ2) is 6.27. The lowest BCUT2D eigenvalue weighted by Gasteiger charge is -2.27. The van der Waals surface area contributed by atoms with Crippen LogP contribution in [0.4, 0.5) is 0 Å². The molecule has 0 amide bonds. The first-order valence-corrected chi connectivity index (χ1v) is 4.86. The zero-order valence-corrected chi connectivity index (χ0v) is 9.40. The van der Waals surface area contributed by atoms with Crippen molar-refractivity contribution >= 4 is 5.97 Å². The Morgan fingerprint density at radius 3 is 2.60 bits per heavy atom. The number of nitrogens with zero attached hydrogens (tertiary/aromatic N) is 3. The smallest absolute Gasteiger partial charge is 0.321 e. The molecule has 0 spiro atoms. The second-order valence-electron chi connectivity index (χ2n) is 4.40. The first kappa shape index (κ1) is 13.7. The van der Waals surface area contributed by atoms with Crippen LogP contribution in [0.1, 0.15) is 27.2 Å². The van der Waals surface area contributed by atoms with Crippen molar-refractivity contribution in [1.29, 1.82) is 0 Å². The molecule has 0 aliphatic rings. The predicted octanol–water partition coefficient (Wildman–Crippen LogP) is 1.78. The zero-order chi connectivity index (χ0) is 11.9. The third-order valence-corrected chi connectivity index (χ3v) is 1.96. The first-order valence-electron chi connectivity index (χ1n) is 4.86. The van der Waals surface area contributed by atoms with E-state index in [1.165, 1.54) is 0 Å². The molecule has 0 saturated carbocycles. The summed E-state index contributed by atoms with van der Waals surface area (Å²) in [6.07, 6.45) is 0.643. The summed E-state index contributed by atoms with van der Waals surface area (Å²) in [5.41, 5.74) is 7.71. The third kappa shape index (κ3) is 5.93. The van der Waals surface area contributed by atoms with Gasteiger partial charge in [0.15, 0.2) is 0 Å². The summed E-state index contributed by atoms with van der Waals surface area (Å²) in [6, 6.07) is -0.580. The molecule has 0 saturated heterocycles. The van der Waals surface area contributed by atoms with Crippen molar-refractivity contribution in [3.8, 4) is 0 Å². The van der Waals surface area contributed by atoms with Crippen LogP contribution in [0.2, 0.25) is 0 Å². The number of hydrogen-bond donors (Lipinski definition) is 2. The molecule has 2 N–H and O–H groups in total. The van der Waals surface area contributed by atoms with E-state index in [0.717, 1.165) is 0 Å². The fourth-order valence-electron chi connectivity index (χ4n) is 1.20. The number of carboxylic acids is 1. The minimum atomic E-state index is -0.855. The molecule has 0 aromatic rings. The Morgan fingerprint density at radius 2 is 2.20 bits per heavy atom. The number of nitrogens with one attached hydrogen (secondary N) is 1. The summed E-state index contributed by atoms with van der Waals surface area (Å²) in [7, 11) is 0. The van der Waals surface area contributed by atoms with Gasteiger partial charge in [-0.1, -0.05) is 25.9 Å². The molecule has 0 rings (SSSR count). The van der Waals surface area contributed by atoms with Gasteiger partial charge in [-0.05, 0) is 23.9 Å². The van der Waals surface area contributed by atoms with Crippen LogP contribution in [0.25, 0.3) is 10.4 Å². The number of azide groups is 1. The maximum Gasteiger partial charge on any atom is 0.321 e. The minimum absolute atomic E-state index is 0.329. The second-order valence-corrected chi connectivity index (χ2v) is 4.40. The number of rotatable bonds is 6. The third-order valence-electron chi connectivity index (χ3n) is 1.96. The summed E-state index contributed by atoms with van der Waals surface area (Å²) in [5.74, 6) is -0.855. The van der Waals surface area contributed by atoms with E-state index < -0.39 is 12.0 Å². The normalized spacial score (nSPS) is 13.0. The SMILES string of the molecule is CC(C)(C)C(NCCCN=[N+]=[N-])C(=O)O. The maximum atomic E-state index is 10.9. The van der Waals surface area contributed by atoms with Gasteiger partial charge in [0.25, 0.3) is 0 Å². The number of hydrogen-bond acceptors (Lipinski definition) is 3. The van der Waals surface area contributed by atoms with Gasteiger partial charge in [0.1, 0.15) is 6.04 Å². The molecule has 0 fully saturated rings. The van der Waals surface area contributed by atoms with Crippen LogP contribution < -0.4 is 5.32 Å². The lowest BCUT2D eigenvalue weighted by atomic mass is 9.87. The highest BCUT2D eigenvalue weighted by atomic mass is 16.4. The highest BCUT2D eigenvalue weighted by Gasteiger charge is 2.30. The summed E-state index contributed by atoms with van der Waals surface area (Å²) >= 11 is 0. The van der Waals surface area contributed by atoms with Crippen molar-refractivity contribution in [3.05, 3.63) is 10.4 Å². The number of carboxylic acid groups (broad SMARTS) is 1. The van der Waals surface area contributed by atoms with Crippen molar-refractivity contribution < 1.29 is 9.90 Å². The van der Waals surface area contributed by atoms with Crippen molar-refractivity contribution in [2.45, 2.75) is 33.2 Å². The molecule has 0 aromatic carbocycles. The van der Waals surface area contributed by atoms with E-state index in [1.54, 1.807) is 0 Å². The lowest BCUT2D eigenvalue weighted by molar-refractivity contribution is -0.142.